The molecule has 2 aliphatic rings. The van der Waals surface area contributed by atoms with E-state index < -0.39 is 0 Å². The molecule has 0 atom stereocenters. The van der Waals surface area contributed by atoms with Crippen molar-refractivity contribution in [2.24, 2.45) is 0 Å². The molecule has 1 aliphatic carbocycles. The van der Waals surface area contributed by atoms with Gasteiger partial charge in [-0.3, -0.25) is 4.79 Å². The van der Waals surface area contributed by atoms with Crippen LogP contribution >= 0.6 is 0 Å². The van der Waals surface area contributed by atoms with Gasteiger partial charge >= 0.3 is 0 Å². The topological polar surface area (TPSA) is 66.9 Å². The van der Waals surface area contributed by atoms with Crippen LogP contribution < -0.4 is 10.6 Å². The lowest BCUT2D eigenvalue weighted by Gasteiger charge is -2.21. The predicted molar refractivity (Wildman–Crippen MR) is 60.4 cm³/mol. The predicted octanol–water partition coefficient (Wildman–Crippen LogP) is 1.28. The van der Waals surface area contributed by atoms with Crippen molar-refractivity contribution in [2.75, 3.05) is 17.7 Å². The quantitative estimate of drug-likeness (QED) is 0.745. The van der Waals surface area contributed by atoms with Gasteiger partial charge < -0.3 is 10.6 Å². The summed E-state index contributed by atoms with van der Waals surface area (Å²) >= 11 is 0. The van der Waals surface area contributed by atoms with E-state index in [1.165, 1.54) is 6.33 Å². The number of hydrogen-bond donors (Lipinski definition) is 2. The summed E-state index contributed by atoms with van der Waals surface area (Å²) in [6.07, 6.45) is 5.51. The number of hydrogen-bond acceptors (Lipinski definition) is 4. The molecule has 2 N–H and O–H groups in total. The van der Waals surface area contributed by atoms with E-state index in [4.69, 9.17) is 0 Å². The highest BCUT2D eigenvalue weighted by Gasteiger charge is 2.50. The van der Waals surface area contributed by atoms with Crippen molar-refractivity contribution in [3.63, 3.8) is 0 Å². The molecule has 84 valence electrons. The number of anilines is 2. The van der Waals surface area contributed by atoms with Gasteiger partial charge in [0.05, 0.1) is 11.0 Å². The highest BCUT2D eigenvalue weighted by Crippen LogP contribution is 2.50. The van der Waals surface area contributed by atoms with Gasteiger partial charge in [0.2, 0.25) is 5.91 Å². The van der Waals surface area contributed by atoms with Crippen LogP contribution in [-0.4, -0.2) is 22.9 Å². The molecule has 5 nitrogen and oxygen atoms in total. The number of aromatic nitrogens is 2. The molecule has 1 saturated carbocycles. The standard InChI is InChI=1S/C11H14N4O/c1-12-8-7-9(14-6-13-8)15-10(16)11(7)4-2-3-5-11/h6H,2-5H2,1H3,(H2,12,13,14,15,16). The number of nitrogens with zero attached hydrogens (tertiary/aromatic N) is 2. The van der Waals surface area contributed by atoms with E-state index in [0.717, 1.165) is 37.1 Å². The molecule has 1 amide bonds. The minimum absolute atomic E-state index is 0.0944. The first-order chi connectivity index (χ1) is 7.78. The maximum Gasteiger partial charge on any atom is 0.236 e. The minimum atomic E-state index is -0.366. The van der Waals surface area contributed by atoms with E-state index >= 15 is 0 Å². The number of carbonyl (C=O) groups is 1. The third kappa shape index (κ3) is 1.03. The van der Waals surface area contributed by atoms with Gasteiger partial charge in [0.1, 0.15) is 18.0 Å². The van der Waals surface area contributed by atoms with Gasteiger partial charge in [0.25, 0.3) is 0 Å². The van der Waals surface area contributed by atoms with Crippen molar-refractivity contribution < 1.29 is 4.79 Å². The van der Waals surface area contributed by atoms with E-state index in [9.17, 15) is 4.79 Å². The summed E-state index contributed by atoms with van der Waals surface area (Å²) in [5.74, 6) is 1.56. The second kappa shape index (κ2) is 3.17. The van der Waals surface area contributed by atoms with E-state index in [1.54, 1.807) is 0 Å². The van der Waals surface area contributed by atoms with Crippen molar-refractivity contribution in [3.8, 4) is 0 Å². The molecule has 2 heterocycles. The second-order valence-electron chi connectivity index (χ2n) is 4.44. The molecule has 5 heteroatoms. The zero-order valence-electron chi connectivity index (χ0n) is 9.21. The molecule has 0 aromatic carbocycles. The van der Waals surface area contributed by atoms with Crippen molar-refractivity contribution in [3.05, 3.63) is 11.9 Å². The monoisotopic (exact) mass is 218 g/mol. The number of carbonyl (C=O) groups excluding carboxylic acids is 1. The molecule has 3 rings (SSSR count). The van der Waals surface area contributed by atoms with Crippen LogP contribution in [0.2, 0.25) is 0 Å². The Kier molecular flexibility index (Phi) is 1.89. The molecule has 1 fully saturated rings. The summed E-state index contributed by atoms with van der Waals surface area (Å²) in [4.78, 5) is 20.5. The van der Waals surface area contributed by atoms with E-state index in [1.807, 2.05) is 7.05 Å². The van der Waals surface area contributed by atoms with Crippen LogP contribution in [0.4, 0.5) is 11.6 Å². The normalized spacial score (nSPS) is 20.9. The molecule has 1 aromatic rings. The van der Waals surface area contributed by atoms with Crippen LogP contribution in [0.15, 0.2) is 6.33 Å². The van der Waals surface area contributed by atoms with Gasteiger partial charge in [-0.25, -0.2) is 9.97 Å². The Labute approximate surface area is 93.7 Å². The number of fused-ring (bicyclic) bond motifs is 2. The first-order valence-electron chi connectivity index (χ1n) is 5.62. The Hall–Kier alpha value is -1.65. The Balaban J connectivity index is 2.22. The summed E-state index contributed by atoms with van der Waals surface area (Å²) in [7, 11) is 1.83. The van der Waals surface area contributed by atoms with Gasteiger partial charge in [0, 0.05) is 7.05 Å². The summed E-state index contributed by atoms with van der Waals surface area (Å²) < 4.78 is 0. The van der Waals surface area contributed by atoms with E-state index in [0.29, 0.717) is 5.82 Å². The first-order valence-corrected chi connectivity index (χ1v) is 5.62. The smallest absolute Gasteiger partial charge is 0.236 e. The van der Waals surface area contributed by atoms with Crippen molar-refractivity contribution in [1.29, 1.82) is 0 Å². The van der Waals surface area contributed by atoms with Crippen LogP contribution in [0.3, 0.4) is 0 Å². The summed E-state index contributed by atoms with van der Waals surface area (Å²) in [5.41, 5.74) is 0.606. The molecule has 1 spiro atoms. The fourth-order valence-corrected chi connectivity index (χ4v) is 2.92. The van der Waals surface area contributed by atoms with Crippen LogP contribution in [0.25, 0.3) is 0 Å². The second-order valence-corrected chi connectivity index (χ2v) is 4.44. The molecule has 1 aliphatic heterocycles. The van der Waals surface area contributed by atoms with Crippen LogP contribution in [-0.2, 0) is 10.2 Å². The maximum absolute atomic E-state index is 12.1. The molecular formula is C11H14N4O. The van der Waals surface area contributed by atoms with Crippen molar-refractivity contribution >= 4 is 17.5 Å². The largest absolute Gasteiger partial charge is 0.373 e. The fourth-order valence-electron chi connectivity index (χ4n) is 2.92. The van der Waals surface area contributed by atoms with Gasteiger partial charge in [-0.15, -0.1) is 0 Å². The van der Waals surface area contributed by atoms with Crippen molar-refractivity contribution in [2.45, 2.75) is 31.1 Å². The molecule has 0 radical (unpaired) electrons. The summed E-state index contributed by atoms with van der Waals surface area (Å²) in [6, 6.07) is 0. The zero-order valence-corrected chi connectivity index (χ0v) is 9.21. The third-order valence-corrected chi connectivity index (χ3v) is 3.69. The molecule has 1 aromatic heterocycles. The van der Waals surface area contributed by atoms with Crippen LogP contribution in [0, 0.1) is 0 Å². The SMILES string of the molecule is CNc1ncnc2c1C1(CCCC1)C(=O)N2. The Morgan fingerprint density at radius 2 is 2.12 bits per heavy atom. The average molecular weight is 218 g/mol. The van der Waals surface area contributed by atoms with Gasteiger partial charge in [-0.1, -0.05) is 12.8 Å². The fraction of sp³-hybridized carbons (Fsp3) is 0.545. The van der Waals surface area contributed by atoms with Gasteiger partial charge in [0.15, 0.2) is 0 Å². The Bertz CT molecular complexity index is 451. The molecule has 0 saturated heterocycles. The lowest BCUT2D eigenvalue weighted by atomic mass is 9.81. The Morgan fingerprint density at radius 3 is 2.81 bits per heavy atom. The molecular weight excluding hydrogens is 204 g/mol. The lowest BCUT2D eigenvalue weighted by molar-refractivity contribution is -0.120. The Morgan fingerprint density at radius 1 is 1.38 bits per heavy atom. The number of nitrogens with one attached hydrogen (secondary N) is 2. The third-order valence-electron chi connectivity index (χ3n) is 3.69. The van der Waals surface area contributed by atoms with E-state index in [-0.39, 0.29) is 11.3 Å². The van der Waals surface area contributed by atoms with Crippen LogP contribution in [0.5, 0.6) is 0 Å². The number of rotatable bonds is 1. The maximum atomic E-state index is 12.1. The highest BCUT2D eigenvalue weighted by atomic mass is 16.2. The van der Waals surface area contributed by atoms with E-state index in [2.05, 4.69) is 20.6 Å². The summed E-state index contributed by atoms with van der Waals surface area (Å²) in [6.45, 7) is 0. The highest BCUT2D eigenvalue weighted by molar-refractivity contribution is 6.06. The number of amides is 1. The minimum Gasteiger partial charge on any atom is -0.373 e. The lowest BCUT2D eigenvalue weighted by Crippen LogP contribution is -2.31. The van der Waals surface area contributed by atoms with Gasteiger partial charge in [-0.2, -0.15) is 0 Å². The van der Waals surface area contributed by atoms with Crippen LogP contribution in [0.1, 0.15) is 31.2 Å². The first kappa shape index (κ1) is 9.57. The molecule has 0 bridgehead atoms. The zero-order chi connectivity index (χ0) is 11.2. The average Bonchev–Trinajstić information content (AvgIpc) is 2.88. The summed E-state index contributed by atoms with van der Waals surface area (Å²) in [5, 5.41) is 5.93. The van der Waals surface area contributed by atoms with Gasteiger partial charge in [-0.05, 0) is 12.8 Å². The molecule has 0 unspecified atom stereocenters. The van der Waals surface area contributed by atoms with Crippen molar-refractivity contribution in [1.82, 2.24) is 9.97 Å². The molecule has 16 heavy (non-hydrogen) atoms.